The van der Waals surface area contributed by atoms with E-state index in [-0.39, 0.29) is 27.2 Å². The van der Waals surface area contributed by atoms with Crippen molar-refractivity contribution in [2.24, 2.45) is 0 Å². The van der Waals surface area contributed by atoms with Crippen LogP contribution in [0.5, 0.6) is 11.6 Å². The molecule has 0 fully saturated rings. The van der Waals surface area contributed by atoms with Crippen molar-refractivity contribution < 1.29 is 19.0 Å². The van der Waals surface area contributed by atoms with Crippen LogP contribution in [0.25, 0.3) is 0 Å². The third kappa shape index (κ3) is 3.13. The lowest BCUT2D eigenvalue weighted by molar-refractivity contribution is 0.0696. The van der Waals surface area contributed by atoms with Gasteiger partial charge in [-0.3, -0.25) is 0 Å². The van der Waals surface area contributed by atoms with Gasteiger partial charge in [0.2, 0.25) is 0 Å². The Hall–Kier alpha value is -1.85. The molecule has 0 amide bonds. The third-order valence-electron chi connectivity index (χ3n) is 2.16. The van der Waals surface area contributed by atoms with Crippen LogP contribution in [-0.4, -0.2) is 16.1 Å². The van der Waals surface area contributed by atoms with Gasteiger partial charge in [0.15, 0.2) is 5.82 Å². The minimum atomic E-state index is -1.15. The van der Waals surface area contributed by atoms with E-state index in [4.69, 9.17) is 33.0 Å². The average molecular weight is 302 g/mol. The number of rotatable bonds is 3. The molecule has 98 valence electrons. The summed E-state index contributed by atoms with van der Waals surface area (Å²) in [6.07, 6.45) is 1.20. The Morgan fingerprint density at radius 1 is 1.32 bits per heavy atom. The van der Waals surface area contributed by atoms with Gasteiger partial charge >= 0.3 is 5.97 Å². The van der Waals surface area contributed by atoms with E-state index < -0.39 is 11.8 Å². The molecule has 1 N–H and O–H groups in total. The molecular weight excluding hydrogens is 296 g/mol. The number of benzene rings is 1. The predicted octanol–water partition coefficient (Wildman–Crippen LogP) is 4.02. The number of aromatic nitrogens is 1. The fraction of sp³-hybridized carbons (Fsp3) is 0. The topological polar surface area (TPSA) is 59.4 Å². The minimum absolute atomic E-state index is 0.00436. The Morgan fingerprint density at radius 2 is 2.05 bits per heavy atom. The summed E-state index contributed by atoms with van der Waals surface area (Å²) in [4.78, 5) is 14.5. The van der Waals surface area contributed by atoms with E-state index in [1.807, 2.05) is 0 Å². The summed E-state index contributed by atoms with van der Waals surface area (Å²) < 4.78 is 18.6. The largest absolute Gasteiger partial charge is 0.478 e. The van der Waals surface area contributed by atoms with E-state index >= 15 is 0 Å². The molecule has 4 nitrogen and oxygen atoms in total. The summed E-state index contributed by atoms with van der Waals surface area (Å²) >= 11 is 11.4. The van der Waals surface area contributed by atoms with E-state index in [1.165, 1.54) is 24.4 Å². The Bertz CT molecular complexity index is 649. The second kappa shape index (κ2) is 5.42. The average Bonchev–Trinajstić information content (AvgIpc) is 2.34. The molecule has 7 heteroatoms. The number of nitrogens with zero attached hydrogens (tertiary/aromatic N) is 1. The van der Waals surface area contributed by atoms with Crippen molar-refractivity contribution in [2.75, 3.05) is 0 Å². The van der Waals surface area contributed by atoms with Gasteiger partial charge in [-0.2, -0.15) is 0 Å². The van der Waals surface area contributed by atoms with Crippen molar-refractivity contribution in [3.8, 4) is 11.6 Å². The summed E-state index contributed by atoms with van der Waals surface area (Å²) in [5.74, 6) is -2.26. The summed E-state index contributed by atoms with van der Waals surface area (Å²) in [5, 5.41) is 9.11. The van der Waals surface area contributed by atoms with Gasteiger partial charge in [-0.05, 0) is 24.3 Å². The number of carboxylic acids is 1. The number of pyridine rings is 1. The van der Waals surface area contributed by atoms with Gasteiger partial charge in [0.1, 0.15) is 5.75 Å². The van der Waals surface area contributed by atoms with Crippen LogP contribution in [0.1, 0.15) is 10.4 Å². The number of carboxylic acid groups (broad SMARTS) is 1. The highest BCUT2D eigenvalue weighted by Crippen LogP contribution is 2.31. The van der Waals surface area contributed by atoms with Gasteiger partial charge in [-0.15, -0.1) is 0 Å². The maximum atomic E-state index is 13.5. The maximum absolute atomic E-state index is 13.5. The number of hydrogen-bond donors (Lipinski definition) is 1. The predicted molar refractivity (Wildman–Crippen MR) is 67.7 cm³/mol. The minimum Gasteiger partial charge on any atom is -0.478 e. The van der Waals surface area contributed by atoms with E-state index in [2.05, 4.69) is 4.98 Å². The van der Waals surface area contributed by atoms with Gasteiger partial charge in [0, 0.05) is 6.20 Å². The Balaban J connectivity index is 2.37. The zero-order valence-electron chi connectivity index (χ0n) is 9.23. The zero-order valence-corrected chi connectivity index (χ0v) is 10.7. The molecule has 2 aromatic rings. The molecule has 0 saturated heterocycles. The number of aromatic carboxylic acids is 1. The molecule has 0 aliphatic carbocycles. The van der Waals surface area contributed by atoms with Crippen LogP contribution in [0.3, 0.4) is 0 Å². The van der Waals surface area contributed by atoms with Crippen LogP contribution in [0.2, 0.25) is 10.0 Å². The quantitative estimate of drug-likeness (QED) is 0.930. The fourth-order valence-electron chi connectivity index (χ4n) is 1.30. The molecule has 1 aromatic heterocycles. The van der Waals surface area contributed by atoms with Crippen LogP contribution < -0.4 is 4.74 Å². The molecule has 0 aliphatic heterocycles. The van der Waals surface area contributed by atoms with Crippen LogP contribution >= 0.6 is 23.2 Å². The monoisotopic (exact) mass is 301 g/mol. The first-order valence-electron chi connectivity index (χ1n) is 4.99. The molecule has 19 heavy (non-hydrogen) atoms. The van der Waals surface area contributed by atoms with Crippen molar-refractivity contribution in [1.82, 2.24) is 4.98 Å². The molecule has 1 heterocycles. The molecule has 0 radical (unpaired) electrons. The van der Waals surface area contributed by atoms with Crippen molar-refractivity contribution in [2.45, 2.75) is 0 Å². The van der Waals surface area contributed by atoms with Crippen LogP contribution in [0.15, 0.2) is 30.5 Å². The van der Waals surface area contributed by atoms with Crippen LogP contribution in [0.4, 0.5) is 4.39 Å². The molecule has 0 aliphatic rings. The number of carbonyl (C=O) groups is 1. The van der Waals surface area contributed by atoms with Gasteiger partial charge in [-0.25, -0.2) is 14.2 Å². The maximum Gasteiger partial charge on any atom is 0.335 e. The zero-order chi connectivity index (χ0) is 14.0. The standard InChI is InChI=1S/C12H6Cl2FNO3/c13-7-4-9(15)11(16-5-7)19-10-3-6(12(17)18)1-2-8(10)14/h1-5H,(H,17,18). The van der Waals surface area contributed by atoms with E-state index in [1.54, 1.807) is 0 Å². The first-order chi connectivity index (χ1) is 8.97. The van der Waals surface area contributed by atoms with Gasteiger partial charge in [0.05, 0.1) is 15.6 Å². The first-order valence-corrected chi connectivity index (χ1v) is 5.74. The molecule has 0 saturated carbocycles. The van der Waals surface area contributed by atoms with Crippen molar-refractivity contribution in [3.05, 3.63) is 51.9 Å². The molecule has 0 unspecified atom stereocenters. The molecule has 2 rings (SSSR count). The van der Waals surface area contributed by atoms with Crippen LogP contribution in [-0.2, 0) is 0 Å². The van der Waals surface area contributed by atoms with Gasteiger partial charge in [-0.1, -0.05) is 23.2 Å². The normalized spacial score (nSPS) is 10.3. The molecular formula is C12H6Cl2FNO3. The lowest BCUT2D eigenvalue weighted by Gasteiger charge is -2.08. The van der Waals surface area contributed by atoms with Crippen LogP contribution in [0, 0.1) is 5.82 Å². The molecule has 1 aromatic carbocycles. The lowest BCUT2D eigenvalue weighted by Crippen LogP contribution is -1.98. The van der Waals surface area contributed by atoms with Gasteiger partial charge in [0.25, 0.3) is 5.88 Å². The summed E-state index contributed by atoms with van der Waals surface area (Å²) in [6.45, 7) is 0. The Labute approximate surface area is 117 Å². The Morgan fingerprint density at radius 3 is 2.68 bits per heavy atom. The summed E-state index contributed by atoms with van der Waals surface area (Å²) in [5.41, 5.74) is -0.0335. The second-order valence-corrected chi connectivity index (χ2v) is 4.34. The summed E-state index contributed by atoms with van der Waals surface area (Å²) in [7, 11) is 0. The molecule has 0 bridgehead atoms. The highest BCUT2D eigenvalue weighted by molar-refractivity contribution is 6.32. The van der Waals surface area contributed by atoms with Crippen molar-refractivity contribution in [1.29, 1.82) is 0 Å². The van der Waals surface area contributed by atoms with E-state index in [0.717, 1.165) is 6.07 Å². The fourth-order valence-corrected chi connectivity index (χ4v) is 1.60. The van der Waals surface area contributed by atoms with E-state index in [9.17, 15) is 9.18 Å². The van der Waals surface area contributed by atoms with Gasteiger partial charge < -0.3 is 9.84 Å². The number of ether oxygens (including phenoxy) is 1. The third-order valence-corrected chi connectivity index (χ3v) is 2.68. The molecule has 0 spiro atoms. The summed E-state index contributed by atoms with van der Waals surface area (Å²) in [6, 6.07) is 4.86. The number of hydrogen-bond acceptors (Lipinski definition) is 3. The second-order valence-electron chi connectivity index (χ2n) is 3.49. The van der Waals surface area contributed by atoms with E-state index in [0.29, 0.717) is 0 Å². The first kappa shape index (κ1) is 13.6. The highest BCUT2D eigenvalue weighted by atomic mass is 35.5. The van der Waals surface area contributed by atoms with Crippen molar-refractivity contribution >= 4 is 29.2 Å². The lowest BCUT2D eigenvalue weighted by atomic mass is 10.2. The Kier molecular flexibility index (Phi) is 3.87. The highest BCUT2D eigenvalue weighted by Gasteiger charge is 2.12. The van der Waals surface area contributed by atoms with Crippen molar-refractivity contribution in [3.63, 3.8) is 0 Å². The SMILES string of the molecule is O=C(O)c1ccc(Cl)c(Oc2ncc(Cl)cc2F)c1. The number of halogens is 3. The molecule has 0 atom stereocenters. The smallest absolute Gasteiger partial charge is 0.335 e.